The van der Waals surface area contributed by atoms with E-state index in [1.807, 2.05) is 0 Å². The van der Waals surface area contributed by atoms with Crippen molar-refractivity contribution in [3.05, 3.63) is 62.4 Å². The van der Waals surface area contributed by atoms with Gasteiger partial charge in [-0.05, 0) is 18.2 Å². The SMILES string of the molecule is Cn1c(=O)c2cc(C(=O)Nc3nc(-c4ccco4)cs3)cnc2n(C)c1=O. The number of amides is 1. The predicted molar refractivity (Wildman–Crippen MR) is 100.0 cm³/mol. The number of nitrogens with zero attached hydrogens (tertiary/aromatic N) is 4. The van der Waals surface area contributed by atoms with Crippen molar-refractivity contribution in [2.45, 2.75) is 0 Å². The number of furan rings is 1. The average Bonchev–Trinajstić information content (AvgIpc) is 3.35. The lowest BCUT2D eigenvalue weighted by atomic mass is 10.2. The van der Waals surface area contributed by atoms with E-state index in [1.165, 1.54) is 42.3 Å². The smallest absolute Gasteiger partial charge is 0.332 e. The molecule has 0 bridgehead atoms. The maximum atomic E-state index is 12.5. The maximum absolute atomic E-state index is 12.5. The van der Waals surface area contributed by atoms with E-state index in [0.29, 0.717) is 16.6 Å². The molecule has 4 aromatic heterocycles. The van der Waals surface area contributed by atoms with Crippen molar-refractivity contribution >= 4 is 33.4 Å². The second kappa shape index (κ2) is 6.32. The summed E-state index contributed by atoms with van der Waals surface area (Å²) < 4.78 is 7.51. The Kier molecular flexibility index (Phi) is 3.96. The number of carbonyl (C=O) groups is 1. The zero-order chi connectivity index (χ0) is 19.1. The number of hydrogen-bond donors (Lipinski definition) is 1. The van der Waals surface area contributed by atoms with Crippen LogP contribution in [0.5, 0.6) is 0 Å². The molecule has 0 spiro atoms. The topological polar surface area (TPSA) is 112 Å². The van der Waals surface area contributed by atoms with Crippen LogP contribution in [0.1, 0.15) is 10.4 Å². The van der Waals surface area contributed by atoms with Gasteiger partial charge in [-0.1, -0.05) is 0 Å². The molecule has 10 heteroatoms. The summed E-state index contributed by atoms with van der Waals surface area (Å²) in [5.74, 6) is 0.143. The molecule has 0 aliphatic carbocycles. The van der Waals surface area contributed by atoms with E-state index in [4.69, 9.17) is 4.42 Å². The molecule has 4 heterocycles. The Morgan fingerprint density at radius 3 is 2.81 bits per heavy atom. The molecule has 4 rings (SSSR count). The Balaban J connectivity index is 1.67. The van der Waals surface area contributed by atoms with Gasteiger partial charge in [0.15, 0.2) is 10.9 Å². The van der Waals surface area contributed by atoms with E-state index < -0.39 is 17.2 Å². The number of aromatic nitrogens is 4. The van der Waals surface area contributed by atoms with Crippen molar-refractivity contribution in [2.24, 2.45) is 14.1 Å². The molecule has 0 aliphatic heterocycles. The first-order valence-corrected chi connectivity index (χ1v) is 8.70. The number of pyridine rings is 1. The number of carbonyl (C=O) groups excluding carboxylic acids is 1. The highest BCUT2D eigenvalue weighted by Crippen LogP contribution is 2.25. The number of thiazole rings is 1. The molecule has 0 fully saturated rings. The normalized spacial score (nSPS) is 11.0. The van der Waals surface area contributed by atoms with Crippen LogP contribution >= 0.6 is 11.3 Å². The Bertz CT molecular complexity index is 1280. The van der Waals surface area contributed by atoms with Crippen LogP contribution in [0.3, 0.4) is 0 Å². The van der Waals surface area contributed by atoms with E-state index >= 15 is 0 Å². The molecular formula is C17H13N5O4S. The van der Waals surface area contributed by atoms with Crippen molar-refractivity contribution in [3.63, 3.8) is 0 Å². The second-order valence-corrected chi connectivity index (χ2v) is 6.63. The Morgan fingerprint density at radius 1 is 1.26 bits per heavy atom. The van der Waals surface area contributed by atoms with Gasteiger partial charge < -0.3 is 4.42 Å². The van der Waals surface area contributed by atoms with Gasteiger partial charge in [0.05, 0.1) is 17.2 Å². The van der Waals surface area contributed by atoms with Gasteiger partial charge in [-0.2, -0.15) is 0 Å². The first-order valence-electron chi connectivity index (χ1n) is 7.82. The zero-order valence-corrected chi connectivity index (χ0v) is 15.1. The van der Waals surface area contributed by atoms with Gasteiger partial charge in [0, 0.05) is 25.7 Å². The number of fused-ring (bicyclic) bond motifs is 1. The summed E-state index contributed by atoms with van der Waals surface area (Å²) in [6, 6.07) is 4.94. The second-order valence-electron chi connectivity index (χ2n) is 5.77. The van der Waals surface area contributed by atoms with Crippen LogP contribution in [0.2, 0.25) is 0 Å². The van der Waals surface area contributed by atoms with E-state index in [-0.39, 0.29) is 16.6 Å². The predicted octanol–water partition coefficient (Wildman–Crippen LogP) is 1.60. The molecule has 136 valence electrons. The largest absolute Gasteiger partial charge is 0.463 e. The molecule has 4 aromatic rings. The highest BCUT2D eigenvalue weighted by Gasteiger charge is 2.15. The van der Waals surface area contributed by atoms with Gasteiger partial charge in [-0.15, -0.1) is 11.3 Å². The minimum Gasteiger partial charge on any atom is -0.463 e. The fourth-order valence-corrected chi connectivity index (χ4v) is 3.32. The van der Waals surface area contributed by atoms with Crippen LogP contribution in [0.15, 0.2) is 50.0 Å². The monoisotopic (exact) mass is 383 g/mol. The minimum atomic E-state index is -0.510. The van der Waals surface area contributed by atoms with Crippen LogP contribution in [0, 0.1) is 0 Å². The van der Waals surface area contributed by atoms with Crippen molar-refractivity contribution in [2.75, 3.05) is 5.32 Å². The summed E-state index contributed by atoms with van der Waals surface area (Å²) in [6.45, 7) is 0. The molecule has 0 aliphatic rings. The van der Waals surface area contributed by atoms with E-state index in [2.05, 4.69) is 15.3 Å². The average molecular weight is 383 g/mol. The number of rotatable bonds is 3. The van der Waals surface area contributed by atoms with Gasteiger partial charge in [-0.25, -0.2) is 14.8 Å². The van der Waals surface area contributed by atoms with Crippen LogP contribution in [-0.2, 0) is 14.1 Å². The summed E-state index contributed by atoms with van der Waals surface area (Å²) in [5.41, 5.74) is 0.0258. The minimum absolute atomic E-state index is 0.183. The number of hydrogen-bond acceptors (Lipinski definition) is 7. The van der Waals surface area contributed by atoms with Crippen molar-refractivity contribution in [1.29, 1.82) is 0 Å². The number of nitrogens with one attached hydrogen (secondary N) is 1. The lowest BCUT2D eigenvalue weighted by Gasteiger charge is -2.07. The molecule has 0 aromatic carbocycles. The lowest BCUT2D eigenvalue weighted by molar-refractivity contribution is 0.102. The molecule has 0 atom stereocenters. The number of anilines is 1. The van der Waals surface area contributed by atoms with Gasteiger partial charge in [0.25, 0.3) is 11.5 Å². The fourth-order valence-electron chi connectivity index (χ4n) is 2.63. The Hall–Kier alpha value is -3.53. The molecule has 1 amide bonds. The van der Waals surface area contributed by atoms with E-state index in [0.717, 1.165) is 4.57 Å². The highest BCUT2D eigenvalue weighted by atomic mass is 32.1. The molecule has 1 N–H and O–H groups in total. The third-order valence-corrected chi connectivity index (χ3v) is 4.81. The highest BCUT2D eigenvalue weighted by molar-refractivity contribution is 7.14. The first kappa shape index (κ1) is 16.9. The van der Waals surface area contributed by atoms with Gasteiger partial charge in [0.2, 0.25) is 0 Å². The molecule has 0 unspecified atom stereocenters. The Labute approximate surface area is 155 Å². The summed E-state index contributed by atoms with van der Waals surface area (Å²) in [4.78, 5) is 45.2. The van der Waals surface area contributed by atoms with Crippen molar-refractivity contribution in [3.8, 4) is 11.5 Å². The third kappa shape index (κ3) is 2.85. The van der Waals surface area contributed by atoms with Gasteiger partial charge >= 0.3 is 5.69 Å². The van der Waals surface area contributed by atoms with Crippen molar-refractivity contribution < 1.29 is 9.21 Å². The molecular weight excluding hydrogens is 370 g/mol. The van der Waals surface area contributed by atoms with Crippen LogP contribution in [-0.4, -0.2) is 25.0 Å². The fraction of sp³-hybridized carbons (Fsp3) is 0.118. The Morgan fingerprint density at radius 2 is 2.07 bits per heavy atom. The molecule has 0 saturated carbocycles. The molecule has 27 heavy (non-hydrogen) atoms. The standard InChI is InChI=1S/C17H13N5O4S/c1-21-13-10(15(24)22(2)17(21)25)6-9(7-18-13)14(23)20-16-19-11(8-27-16)12-4-3-5-26-12/h3-8H,1-2H3,(H,19,20,23). The first-order chi connectivity index (χ1) is 13.0. The van der Waals surface area contributed by atoms with Gasteiger partial charge in [0.1, 0.15) is 11.3 Å². The summed E-state index contributed by atoms with van der Waals surface area (Å²) in [5, 5.41) is 5.01. The number of aryl methyl sites for hydroxylation is 1. The third-order valence-electron chi connectivity index (χ3n) is 4.05. The van der Waals surface area contributed by atoms with Gasteiger partial charge in [-0.3, -0.25) is 24.0 Å². The zero-order valence-electron chi connectivity index (χ0n) is 14.3. The van der Waals surface area contributed by atoms with Crippen molar-refractivity contribution in [1.82, 2.24) is 19.1 Å². The summed E-state index contributed by atoms with van der Waals surface area (Å²) in [7, 11) is 2.89. The summed E-state index contributed by atoms with van der Waals surface area (Å²) in [6.07, 6.45) is 2.86. The maximum Gasteiger partial charge on any atom is 0.332 e. The van der Waals surface area contributed by atoms with Crippen LogP contribution < -0.4 is 16.6 Å². The van der Waals surface area contributed by atoms with E-state index in [1.54, 1.807) is 23.8 Å². The van der Waals surface area contributed by atoms with E-state index in [9.17, 15) is 14.4 Å². The van der Waals surface area contributed by atoms with Crippen LogP contribution in [0.4, 0.5) is 5.13 Å². The van der Waals surface area contributed by atoms with Crippen LogP contribution in [0.25, 0.3) is 22.5 Å². The lowest BCUT2D eigenvalue weighted by Crippen LogP contribution is -2.37. The summed E-state index contributed by atoms with van der Waals surface area (Å²) >= 11 is 1.25. The molecule has 9 nitrogen and oxygen atoms in total. The quantitative estimate of drug-likeness (QED) is 0.575. The molecule has 0 radical (unpaired) electrons. The molecule has 0 saturated heterocycles.